The predicted molar refractivity (Wildman–Crippen MR) is 56.5 cm³/mol. The van der Waals surface area contributed by atoms with Gasteiger partial charge in [-0.2, -0.15) is 0 Å². The van der Waals surface area contributed by atoms with Gasteiger partial charge in [-0.25, -0.2) is 4.39 Å². The molecule has 0 aliphatic heterocycles. The highest BCUT2D eigenvalue weighted by Crippen LogP contribution is 2.19. The zero-order chi connectivity index (χ0) is 11.3. The van der Waals surface area contributed by atoms with Gasteiger partial charge < -0.3 is 15.2 Å². The van der Waals surface area contributed by atoms with Crippen LogP contribution in [0.15, 0.2) is 18.2 Å². The molecule has 0 bridgehead atoms. The number of methoxy groups -OCH3 is 1. The van der Waals surface area contributed by atoms with E-state index in [1.807, 2.05) is 0 Å². The Hall–Kier alpha value is -1.13. The van der Waals surface area contributed by atoms with Crippen LogP contribution in [0, 0.1) is 12.7 Å². The number of ether oxygens (including phenoxy) is 2. The second kappa shape index (κ2) is 5.68. The number of benzene rings is 1. The molecule has 0 aromatic heterocycles. The van der Waals surface area contributed by atoms with Gasteiger partial charge >= 0.3 is 0 Å². The van der Waals surface area contributed by atoms with Gasteiger partial charge in [0.25, 0.3) is 0 Å². The maximum Gasteiger partial charge on any atom is 0.134 e. The Morgan fingerprint density at radius 2 is 2.20 bits per heavy atom. The molecule has 0 spiro atoms. The van der Waals surface area contributed by atoms with Crippen molar-refractivity contribution in [2.75, 3.05) is 20.3 Å². The van der Waals surface area contributed by atoms with Gasteiger partial charge in [-0.05, 0) is 30.7 Å². The summed E-state index contributed by atoms with van der Waals surface area (Å²) in [5.41, 5.74) is 6.26. The Labute approximate surface area is 89.0 Å². The highest BCUT2D eigenvalue weighted by molar-refractivity contribution is 5.32. The maximum atomic E-state index is 12.8. The Balaban J connectivity index is 2.70. The summed E-state index contributed by atoms with van der Waals surface area (Å²) in [6, 6.07) is 4.39. The molecule has 2 N–H and O–H groups in total. The van der Waals surface area contributed by atoms with Crippen molar-refractivity contribution < 1.29 is 13.9 Å². The molecule has 1 aromatic rings. The third-order valence-corrected chi connectivity index (χ3v) is 2.05. The molecule has 0 heterocycles. The van der Waals surface area contributed by atoms with E-state index >= 15 is 0 Å². The quantitative estimate of drug-likeness (QED) is 0.805. The summed E-state index contributed by atoms with van der Waals surface area (Å²) >= 11 is 0. The summed E-state index contributed by atoms with van der Waals surface area (Å²) in [5, 5.41) is 0. The minimum absolute atomic E-state index is 0.195. The molecule has 1 rings (SSSR count). The van der Waals surface area contributed by atoms with Gasteiger partial charge in [0.05, 0.1) is 6.61 Å². The average Bonchev–Trinajstić information content (AvgIpc) is 2.21. The van der Waals surface area contributed by atoms with E-state index in [1.54, 1.807) is 20.1 Å². The molecule has 1 atom stereocenters. The number of hydrogen-bond donors (Lipinski definition) is 1. The van der Waals surface area contributed by atoms with Crippen molar-refractivity contribution in [3.8, 4) is 5.75 Å². The molecule has 84 valence electrons. The zero-order valence-electron chi connectivity index (χ0n) is 9.00. The summed E-state index contributed by atoms with van der Waals surface area (Å²) in [4.78, 5) is 0. The SMILES string of the molecule is COCC(CN)Oc1ccc(F)cc1C. The van der Waals surface area contributed by atoms with Crippen molar-refractivity contribution in [3.63, 3.8) is 0 Å². The fourth-order valence-corrected chi connectivity index (χ4v) is 1.26. The third-order valence-electron chi connectivity index (χ3n) is 2.05. The number of aryl methyl sites for hydroxylation is 1. The Bertz CT molecular complexity index is 317. The van der Waals surface area contributed by atoms with Crippen LogP contribution in [0.3, 0.4) is 0 Å². The summed E-state index contributed by atoms with van der Waals surface area (Å²) in [5.74, 6) is 0.375. The van der Waals surface area contributed by atoms with E-state index in [-0.39, 0.29) is 11.9 Å². The summed E-state index contributed by atoms with van der Waals surface area (Å²) in [6.07, 6.45) is -0.195. The van der Waals surface area contributed by atoms with Crippen molar-refractivity contribution in [1.82, 2.24) is 0 Å². The predicted octanol–water partition coefficient (Wildman–Crippen LogP) is 1.49. The van der Waals surface area contributed by atoms with Gasteiger partial charge in [0.1, 0.15) is 17.7 Å². The normalized spacial score (nSPS) is 12.5. The van der Waals surface area contributed by atoms with Gasteiger partial charge in [0.15, 0.2) is 0 Å². The van der Waals surface area contributed by atoms with Crippen LogP contribution >= 0.6 is 0 Å². The molecular weight excluding hydrogens is 197 g/mol. The topological polar surface area (TPSA) is 44.5 Å². The largest absolute Gasteiger partial charge is 0.486 e. The standard InChI is InChI=1S/C11H16FNO2/c1-8-5-9(12)3-4-11(8)15-10(6-13)7-14-2/h3-5,10H,6-7,13H2,1-2H3. The molecule has 1 aromatic carbocycles. The maximum absolute atomic E-state index is 12.8. The van der Waals surface area contributed by atoms with Gasteiger partial charge in [0, 0.05) is 13.7 Å². The molecule has 1 unspecified atom stereocenters. The first-order chi connectivity index (χ1) is 7.17. The van der Waals surface area contributed by atoms with E-state index < -0.39 is 0 Å². The number of hydrogen-bond acceptors (Lipinski definition) is 3. The first kappa shape index (κ1) is 11.9. The Kier molecular flexibility index (Phi) is 4.52. The van der Waals surface area contributed by atoms with Gasteiger partial charge in [-0.3, -0.25) is 0 Å². The molecule has 0 saturated carbocycles. The lowest BCUT2D eigenvalue weighted by Gasteiger charge is -2.17. The van der Waals surface area contributed by atoms with E-state index in [2.05, 4.69) is 0 Å². The van der Waals surface area contributed by atoms with E-state index in [0.717, 1.165) is 5.56 Å². The van der Waals surface area contributed by atoms with Crippen molar-refractivity contribution in [1.29, 1.82) is 0 Å². The van der Waals surface area contributed by atoms with Crippen LogP contribution in [0.1, 0.15) is 5.56 Å². The van der Waals surface area contributed by atoms with Gasteiger partial charge in [0.2, 0.25) is 0 Å². The van der Waals surface area contributed by atoms with E-state index in [0.29, 0.717) is 18.9 Å². The summed E-state index contributed by atoms with van der Waals surface area (Å²) in [7, 11) is 1.59. The molecule has 0 amide bonds. The average molecular weight is 213 g/mol. The highest BCUT2D eigenvalue weighted by atomic mass is 19.1. The smallest absolute Gasteiger partial charge is 0.134 e. The summed E-state index contributed by atoms with van der Waals surface area (Å²) in [6.45, 7) is 2.58. The van der Waals surface area contributed by atoms with Gasteiger partial charge in [-0.1, -0.05) is 0 Å². The second-order valence-electron chi connectivity index (χ2n) is 3.34. The molecule has 4 heteroatoms. The van der Waals surface area contributed by atoms with Crippen LogP contribution in [0.5, 0.6) is 5.75 Å². The zero-order valence-corrected chi connectivity index (χ0v) is 9.00. The van der Waals surface area contributed by atoms with Crippen LogP contribution in [0.4, 0.5) is 4.39 Å². The third kappa shape index (κ3) is 3.49. The second-order valence-corrected chi connectivity index (χ2v) is 3.34. The fourth-order valence-electron chi connectivity index (χ4n) is 1.26. The van der Waals surface area contributed by atoms with Crippen LogP contribution < -0.4 is 10.5 Å². The fraction of sp³-hybridized carbons (Fsp3) is 0.455. The number of rotatable bonds is 5. The molecule has 0 fully saturated rings. The lowest BCUT2D eigenvalue weighted by Crippen LogP contribution is -2.31. The molecular formula is C11H16FNO2. The molecule has 3 nitrogen and oxygen atoms in total. The molecule has 0 aliphatic carbocycles. The minimum Gasteiger partial charge on any atom is -0.486 e. The molecule has 0 radical (unpaired) electrons. The minimum atomic E-state index is -0.268. The Morgan fingerprint density at radius 1 is 1.47 bits per heavy atom. The van der Waals surface area contributed by atoms with Crippen molar-refractivity contribution in [2.24, 2.45) is 5.73 Å². The number of nitrogens with two attached hydrogens (primary N) is 1. The summed E-state index contributed by atoms with van der Waals surface area (Å²) < 4.78 is 23.3. The van der Waals surface area contributed by atoms with Crippen LogP contribution in [0.25, 0.3) is 0 Å². The van der Waals surface area contributed by atoms with E-state index in [4.69, 9.17) is 15.2 Å². The lowest BCUT2D eigenvalue weighted by molar-refractivity contribution is 0.0855. The number of halogens is 1. The van der Waals surface area contributed by atoms with Crippen LogP contribution in [-0.2, 0) is 4.74 Å². The van der Waals surface area contributed by atoms with Crippen molar-refractivity contribution >= 4 is 0 Å². The van der Waals surface area contributed by atoms with Gasteiger partial charge in [-0.15, -0.1) is 0 Å². The van der Waals surface area contributed by atoms with Crippen molar-refractivity contribution in [3.05, 3.63) is 29.6 Å². The first-order valence-electron chi connectivity index (χ1n) is 4.79. The van der Waals surface area contributed by atoms with Crippen molar-refractivity contribution in [2.45, 2.75) is 13.0 Å². The van der Waals surface area contributed by atoms with Crippen LogP contribution in [0.2, 0.25) is 0 Å². The molecule has 15 heavy (non-hydrogen) atoms. The monoisotopic (exact) mass is 213 g/mol. The first-order valence-corrected chi connectivity index (χ1v) is 4.79. The Morgan fingerprint density at radius 3 is 2.73 bits per heavy atom. The highest BCUT2D eigenvalue weighted by Gasteiger charge is 2.09. The molecule has 0 aliphatic rings. The van der Waals surface area contributed by atoms with E-state index in [9.17, 15) is 4.39 Å². The lowest BCUT2D eigenvalue weighted by atomic mass is 10.2. The van der Waals surface area contributed by atoms with E-state index in [1.165, 1.54) is 12.1 Å². The van der Waals surface area contributed by atoms with Crippen LogP contribution in [-0.4, -0.2) is 26.4 Å². The molecule has 0 saturated heterocycles.